The van der Waals surface area contributed by atoms with Crippen LogP contribution in [0.5, 0.6) is 11.5 Å². The fourth-order valence-electron chi connectivity index (χ4n) is 5.90. The average Bonchev–Trinajstić information content (AvgIpc) is 3.03. The van der Waals surface area contributed by atoms with E-state index in [1.165, 1.54) is 36.4 Å². The number of methoxy groups -OCH3 is 2. The maximum atomic E-state index is 14.4. The number of nitrogens with one attached hydrogen (secondary N) is 2. The lowest BCUT2D eigenvalue weighted by molar-refractivity contribution is -0.117. The number of benzene rings is 2. The zero-order valence-corrected chi connectivity index (χ0v) is 28.6. The van der Waals surface area contributed by atoms with Gasteiger partial charge < -0.3 is 20.1 Å². The summed E-state index contributed by atoms with van der Waals surface area (Å²) in [6, 6.07) is 7.80. The minimum Gasteiger partial charge on any atom is -0.495 e. The zero-order valence-electron chi connectivity index (χ0n) is 26.3. The Morgan fingerprint density at radius 3 is 2.38 bits per heavy atom. The maximum absolute atomic E-state index is 14.4. The van der Waals surface area contributed by atoms with Crippen molar-refractivity contribution in [1.82, 2.24) is 15.3 Å². The van der Waals surface area contributed by atoms with E-state index >= 15 is 0 Å². The number of fused-ring (bicyclic) bond motifs is 1. The van der Waals surface area contributed by atoms with Crippen molar-refractivity contribution >= 4 is 62.4 Å². The Morgan fingerprint density at radius 1 is 1.09 bits per heavy atom. The first-order valence-electron chi connectivity index (χ1n) is 14.9. The summed E-state index contributed by atoms with van der Waals surface area (Å²) in [5, 5.41) is 6.60. The number of aromatic nitrogens is 2. The second-order valence-electron chi connectivity index (χ2n) is 11.5. The number of rotatable bonds is 11. The van der Waals surface area contributed by atoms with Crippen LogP contribution in [-0.2, 0) is 33.5 Å². The molecule has 47 heavy (non-hydrogen) atoms. The molecule has 12 nitrogen and oxygen atoms in total. The van der Waals surface area contributed by atoms with Gasteiger partial charge >= 0.3 is 6.03 Å². The molecular formula is C32H36Cl2N6O6S. The van der Waals surface area contributed by atoms with Crippen LogP contribution in [0.1, 0.15) is 42.4 Å². The molecule has 0 radical (unpaired) electrons. The second-order valence-corrected chi connectivity index (χ2v) is 14.4. The van der Waals surface area contributed by atoms with E-state index in [0.29, 0.717) is 28.5 Å². The molecule has 2 heterocycles. The van der Waals surface area contributed by atoms with Crippen molar-refractivity contribution in [2.75, 3.05) is 35.6 Å². The van der Waals surface area contributed by atoms with Crippen molar-refractivity contribution < 1.29 is 27.5 Å². The summed E-state index contributed by atoms with van der Waals surface area (Å²) in [5.41, 5.74) is 2.07. The van der Waals surface area contributed by atoms with Gasteiger partial charge in [0.25, 0.3) is 0 Å². The fourth-order valence-corrected chi connectivity index (χ4v) is 7.39. The first-order chi connectivity index (χ1) is 22.4. The second kappa shape index (κ2) is 14.4. The van der Waals surface area contributed by atoms with E-state index in [-0.39, 0.29) is 64.1 Å². The van der Waals surface area contributed by atoms with Crippen molar-refractivity contribution in [3.63, 3.8) is 0 Å². The Bertz CT molecular complexity index is 1780. The van der Waals surface area contributed by atoms with Gasteiger partial charge in [0.15, 0.2) is 9.84 Å². The van der Waals surface area contributed by atoms with E-state index in [1.807, 2.05) is 6.07 Å². The van der Waals surface area contributed by atoms with Crippen LogP contribution in [0.4, 0.5) is 22.2 Å². The quantitative estimate of drug-likeness (QED) is 0.247. The van der Waals surface area contributed by atoms with Gasteiger partial charge in [-0.15, -0.1) is 0 Å². The van der Waals surface area contributed by atoms with Crippen molar-refractivity contribution in [3.8, 4) is 11.5 Å². The predicted molar refractivity (Wildman–Crippen MR) is 182 cm³/mol. The van der Waals surface area contributed by atoms with Gasteiger partial charge in [-0.1, -0.05) is 66.9 Å². The summed E-state index contributed by atoms with van der Waals surface area (Å²) in [5.74, 6) is 0.793. The third-order valence-electron chi connectivity index (χ3n) is 8.06. The van der Waals surface area contributed by atoms with Gasteiger partial charge in [-0.25, -0.2) is 18.2 Å². The normalized spacial score (nSPS) is 17.9. The Morgan fingerprint density at radius 2 is 1.74 bits per heavy atom. The molecule has 1 saturated carbocycles. The summed E-state index contributed by atoms with van der Waals surface area (Å²) in [4.78, 5) is 38.8. The molecule has 1 aliphatic heterocycles. The monoisotopic (exact) mass is 702 g/mol. The number of carbonyl (C=O) groups excluding carboxylic acids is 2. The SMILES string of the molecule is C=CC(=O)NC1CCCCC1Nc1ncc2c(n1)N(Cc1cccc(CS(C)(=O)=O)c1)C(=O)N(c1c(Cl)c(OC)cc(OC)c1Cl)C2. The highest BCUT2D eigenvalue weighted by Crippen LogP contribution is 2.48. The summed E-state index contributed by atoms with van der Waals surface area (Å²) >= 11 is 13.5. The predicted octanol–water partition coefficient (Wildman–Crippen LogP) is 5.52. The standard InChI is InChI=1S/C32H36Cl2N6O6S/c1-5-26(41)36-22-11-6-7-12-23(22)37-31-35-15-21-17-39(29-27(33)24(45-2)14-25(46-3)28(29)34)32(42)40(30(21)38-31)16-19-9-8-10-20(13-19)18-47(4,43)44/h5,8-10,13-15,22-23H,1,6-7,11-12,16-18H2,2-4H3,(H,36,41)(H,35,37,38). The van der Waals surface area contributed by atoms with Gasteiger partial charge in [0, 0.05) is 36.2 Å². The highest BCUT2D eigenvalue weighted by molar-refractivity contribution is 7.89. The number of urea groups is 1. The molecule has 0 saturated heterocycles. The van der Waals surface area contributed by atoms with E-state index in [1.54, 1.807) is 30.5 Å². The zero-order chi connectivity index (χ0) is 33.9. The maximum Gasteiger partial charge on any atom is 0.330 e. The first-order valence-corrected chi connectivity index (χ1v) is 17.7. The lowest BCUT2D eigenvalue weighted by Gasteiger charge is -2.37. The Labute approximate surface area is 284 Å². The number of carbonyl (C=O) groups is 2. The third-order valence-corrected chi connectivity index (χ3v) is 9.65. The average molecular weight is 704 g/mol. The minimum absolute atomic E-state index is 0.0380. The molecule has 2 atom stereocenters. The van der Waals surface area contributed by atoms with Crippen molar-refractivity contribution in [2.45, 2.75) is 56.6 Å². The molecule has 2 aliphatic rings. The Balaban J connectivity index is 1.56. The fraction of sp³-hybridized carbons (Fsp3) is 0.375. The van der Waals surface area contributed by atoms with E-state index in [2.05, 4.69) is 22.2 Å². The van der Waals surface area contributed by atoms with Crippen LogP contribution in [-0.4, -0.2) is 62.9 Å². The molecule has 3 aromatic rings. The van der Waals surface area contributed by atoms with Crippen LogP contribution in [0.3, 0.4) is 0 Å². The Kier molecular flexibility index (Phi) is 10.5. The van der Waals surface area contributed by atoms with Crippen LogP contribution in [0.15, 0.2) is 49.2 Å². The minimum atomic E-state index is -3.29. The largest absolute Gasteiger partial charge is 0.495 e. The topological polar surface area (TPSA) is 143 Å². The smallest absolute Gasteiger partial charge is 0.330 e. The summed E-state index contributed by atoms with van der Waals surface area (Å²) in [7, 11) is -0.394. The number of halogens is 2. The molecule has 1 aromatic heterocycles. The van der Waals surface area contributed by atoms with Gasteiger partial charge in [0.1, 0.15) is 27.4 Å². The number of amides is 3. The number of hydrogen-bond acceptors (Lipinski definition) is 9. The van der Waals surface area contributed by atoms with E-state index in [9.17, 15) is 18.0 Å². The molecular weight excluding hydrogens is 667 g/mol. The van der Waals surface area contributed by atoms with Gasteiger partial charge in [0.05, 0.1) is 38.7 Å². The van der Waals surface area contributed by atoms with Crippen molar-refractivity contribution in [2.24, 2.45) is 0 Å². The van der Waals surface area contributed by atoms with Crippen LogP contribution >= 0.6 is 23.2 Å². The molecule has 2 unspecified atom stereocenters. The molecule has 0 spiro atoms. The molecule has 3 amide bonds. The van der Waals surface area contributed by atoms with Crippen LogP contribution in [0, 0.1) is 0 Å². The molecule has 0 bridgehead atoms. The van der Waals surface area contributed by atoms with Crippen molar-refractivity contribution in [3.05, 3.63) is 75.9 Å². The van der Waals surface area contributed by atoms with Crippen LogP contribution in [0.25, 0.3) is 0 Å². The summed E-state index contributed by atoms with van der Waals surface area (Å²) in [6.07, 6.45) is 7.58. The first kappa shape index (κ1) is 34.3. The van der Waals surface area contributed by atoms with E-state index in [4.69, 9.17) is 37.7 Å². The number of anilines is 3. The number of ether oxygens (including phenoxy) is 2. The molecule has 250 valence electrons. The molecule has 1 fully saturated rings. The molecule has 15 heteroatoms. The highest BCUT2D eigenvalue weighted by Gasteiger charge is 2.37. The van der Waals surface area contributed by atoms with Crippen LogP contribution in [0.2, 0.25) is 10.0 Å². The van der Waals surface area contributed by atoms with E-state index < -0.39 is 15.9 Å². The summed E-state index contributed by atoms with van der Waals surface area (Å²) in [6.45, 7) is 3.64. The number of nitrogens with zero attached hydrogens (tertiary/aromatic N) is 4. The molecule has 2 N–H and O–H groups in total. The van der Waals surface area contributed by atoms with Gasteiger partial charge in [-0.05, 0) is 30.0 Å². The van der Waals surface area contributed by atoms with Crippen molar-refractivity contribution in [1.29, 1.82) is 0 Å². The van der Waals surface area contributed by atoms with Gasteiger partial charge in [-0.2, -0.15) is 4.98 Å². The number of sulfone groups is 1. The lowest BCUT2D eigenvalue weighted by Crippen LogP contribution is -2.49. The lowest BCUT2D eigenvalue weighted by atomic mass is 9.90. The van der Waals surface area contributed by atoms with E-state index in [0.717, 1.165) is 25.7 Å². The third kappa shape index (κ3) is 7.74. The number of hydrogen-bond donors (Lipinski definition) is 2. The molecule has 2 aromatic carbocycles. The Hall–Kier alpha value is -4.07. The molecule has 5 rings (SSSR count). The van der Waals surface area contributed by atoms with Crippen LogP contribution < -0.4 is 29.9 Å². The molecule has 1 aliphatic carbocycles. The summed E-state index contributed by atoms with van der Waals surface area (Å²) < 4.78 is 34.9. The highest BCUT2D eigenvalue weighted by atomic mass is 35.5. The van der Waals surface area contributed by atoms with Gasteiger partial charge in [0.2, 0.25) is 11.9 Å². The van der Waals surface area contributed by atoms with Gasteiger partial charge in [-0.3, -0.25) is 14.6 Å².